The van der Waals surface area contributed by atoms with Crippen molar-refractivity contribution in [3.05, 3.63) is 50.3 Å². The van der Waals surface area contributed by atoms with Crippen molar-refractivity contribution in [1.29, 1.82) is 0 Å². The van der Waals surface area contributed by atoms with E-state index in [1.807, 2.05) is 20.1 Å². The summed E-state index contributed by atoms with van der Waals surface area (Å²) in [5, 5.41) is 13.9. The predicted molar refractivity (Wildman–Crippen MR) is 109 cm³/mol. The molecule has 0 spiro atoms. The SMILES string of the molecule is CSc1nc(C)c(CCC(=O)OCC(=O)Nc2ccc(Cl)c([N+](=O)[O-])c2)c(C)n1. The molecule has 0 saturated carbocycles. The van der Waals surface area contributed by atoms with E-state index in [0.717, 1.165) is 23.0 Å². The molecule has 29 heavy (non-hydrogen) atoms. The number of thioether (sulfide) groups is 1. The van der Waals surface area contributed by atoms with Crippen molar-refractivity contribution in [2.24, 2.45) is 0 Å². The Hall–Kier alpha value is -2.72. The van der Waals surface area contributed by atoms with Crippen molar-refractivity contribution < 1.29 is 19.2 Å². The maximum Gasteiger partial charge on any atom is 0.306 e. The first-order valence-corrected chi connectivity index (χ1v) is 10.1. The lowest BCUT2D eigenvalue weighted by Gasteiger charge is -2.10. The molecule has 9 nitrogen and oxygen atoms in total. The van der Waals surface area contributed by atoms with Crippen LogP contribution in [0.3, 0.4) is 0 Å². The smallest absolute Gasteiger partial charge is 0.306 e. The Morgan fingerprint density at radius 1 is 1.28 bits per heavy atom. The van der Waals surface area contributed by atoms with Gasteiger partial charge in [0.15, 0.2) is 11.8 Å². The number of nitrogens with one attached hydrogen (secondary N) is 1. The van der Waals surface area contributed by atoms with Crippen molar-refractivity contribution in [3.8, 4) is 0 Å². The summed E-state index contributed by atoms with van der Waals surface area (Å²) in [4.78, 5) is 42.8. The fourth-order valence-electron chi connectivity index (χ4n) is 2.53. The van der Waals surface area contributed by atoms with Crippen LogP contribution >= 0.6 is 23.4 Å². The number of nitro benzene ring substituents is 1. The van der Waals surface area contributed by atoms with Gasteiger partial charge in [-0.15, -0.1) is 0 Å². The number of nitrogens with zero attached hydrogens (tertiary/aromatic N) is 3. The van der Waals surface area contributed by atoms with E-state index in [2.05, 4.69) is 15.3 Å². The average Bonchev–Trinajstić information content (AvgIpc) is 2.66. The number of anilines is 1. The highest BCUT2D eigenvalue weighted by molar-refractivity contribution is 7.98. The van der Waals surface area contributed by atoms with Crippen LogP contribution in [0.4, 0.5) is 11.4 Å². The second-order valence-corrected chi connectivity index (χ2v) is 7.17. The van der Waals surface area contributed by atoms with Crippen LogP contribution < -0.4 is 5.32 Å². The Morgan fingerprint density at radius 2 is 1.93 bits per heavy atom. The molecule has 0 saturated heterocycles. The third-order valence-corrected chi connectivity index (χ3v) is 4.82. The van der Waals surface area contributed by atoms with E-state index >= 15 is 0 Å². The molecular formula is C18H19ClN4O5S. The summed E-state index contributed by atoms with van der Waals surface area (Å²) in [5.74, 6) is -1.16. The first kappa shape index (κ1) is 22.6. The van der Waals surface area contributed by atoms with Gasteiger partial charge >= 0.3 is 5.97 Å². The number of halogens is 1. The number of aromatic nitrogens is 2. The molecule has 0 aliphatic heterocycles. The highest BCUT2D eigenvalue weighted by Crippen LogP contribution is 2.27. The Morgan fingerprint density at radius 3 is 2.52 bits per heavy atom. The number of ether oxygens (including phenoxy) is 1. The number of amides is 1. The minimum absolute atomic E-state index is 0.0421. The van der Waals surface area contributed by atoms with Crippen LogP contribution in [-0.2, 0) is 20.7 Å². The minimum atomic E-state index is -0.655. The van der Waals surface area contributed by atoms with Crippen molar-refractivity contribution in [2.75, 3.05) is 18.2 Å². The largest absolute Gasteiger partial charge is 0.456 e. The molecule has 0 aliphatic carbocycles. The second-order valence-electron chi connectivity index (χ2n) is 5.99. The maximum absolute atomic E-state index is 12.0. The first-order chi connectivity index (χ1) is 13.7. The minimum Gasteiger partial charge on any atom is -0.456 e. The molecule has 154 valence electrons. The van der Waals surface area contributed by atoms with Crippen molar-refractivity contribution in [2.45, 2.75) is 31.8 Å². The Bertz CT molecular complexity index is 931. The van der Waals surface area contributed by atoms with Gasteiger partial charge in [-0.25, -0.2) is 9.97 Å². The van der Waals surface area contributed by atoms with Crippen LogP contribution in [0.15, 0.2) is 23.4 Å². The molecule has 2 aromatic rings. The molecule has 0 bridgehead atoms. The van der Waals surface area contributed by atoms with E-state index in [0.29, 0.717) is 11.6 Å². The standard InChI is InChI=1S/C18H19ClN4O5S/c1-10-13(11(2)21-18(20-10)29-3)5-7-17(25)28-9-16(24)22-12-4-6-14(19)15(8-12)23(26)27/h4,6,8H,5,7,9H2,1-3H3,(H,22,24). The molecule has 0 unspecified atom stereocenters. The molecule has 1 amide bonds. The number of benzene rings is 1. The van der Waals surface area contributed by atoms with E-state index in [1.54, 1.807) is 0 Å². The lowest BCUT2D eigenvalue weighted by atomic mass is 10.1. The van der Waals surface area contributed by atoms with E-state index in [1.165, 1.54) is 23.9 Å². The van der Waals surface area contributed by atoms with Crippen LogP contribution in [0.25, 0.3) is 0 Å². The summed E-state index contributed by atoms with van der Waals surface area (Å²) in [6.45, 7) is 3.21. The van der Waals surface area contributed by atoms with Gasteiger partial charge in [-0.3, -0.25) is 19.7 Å². The number of carbonyl (C=O) groups excluding carboxylic acids is 2. The number of hydrogen-bond donors (Lipinski definition) is 1. The number of nitro groups is 1. The van der Waals surface area contributed by atoms with Gasteiger partial charge in [0.2, 0.25) is 0 Å². The van der Waals surface area contributed by atoms with E-state index < -0.39 is 23.4 Å². The molecule has 0 atom stereocenters. The molecule has 0 radical (unpaired) electrons. The van der Waals surface area contributed by atoms with Crippen LogP contribution in [0.2, 0.25) is 5.02 Å². The summed E-state index contributed by atoms with van der Waals surface area (Å²) in [6.07, 6.45) is 2.36. The van der Waals surface area contributed by atoms with Gasteiger partial charge in [0, 0.05) is 29.6 Å². The lowest BCUT2D eigenvalue weighted by molar-refractivity contribution is -0.384. The quantitative estimate of drug-likeness (QED) is 0.218. The second kappa shape index (κ2) is 10.2. The van der Waals surface area contributed by atoms with Gasteiger partial charge in [0.05, 0.1) is 4.92 Å². The number of aryl methyl sites for hydroxylation is 2. The van der Waals surface area contributed by atoms with Crippen LogP contribution in [0.1, 0.15) is 23.4 Å². The van der Waals surface area contributed by atoms with Gasteiger partial charge in [-0.05, 0) is 44.2 Å². The average molecular weight is 439 g/mol. The summed E-state index contributed by atoms with van der Waals surface area (Å²) in [7, 11) is 0. The number of esters is 1. The molecule has 11 heteroatoms. The first-order valence-electron chi connectivity index (χ1n) is 8.48. The van der Waals surface area contributed by atoms with Crippen LogP contribution in [0, 0.1) is 24.0 Å². The Kier molecular flexibility index (Phi) is 7.91. The monoisotopic (exact) mass is 438 g/mol. The Balaban J connectivity index is 1.86. The zero-order valence-electron chi connectivity index (χ0n) is 16.0. The van der Waals surface area contributed by atoms with Gasteiger partial charge in [0.25, 0.3) is 11.6 Å². The summed E-state index contributed by atoms with van der Waals surface area (Å²) in [6, 6.07) is 3.85. The molecule has 1 heterocycles. The van der Waals surface area contributed by atoms with E-state index in [4.69, 9.17) is 16.3 Å². The molecule has 0 fully saturated rings. The number of carbonyl (C=O) groups is 2. The van der Waals surface area contributed by atoms with E-state index in [-0.39, 0.29) is 22.8 Å². The Labute approximate surface area is 176 Å². The summed E-state index contributed by atoms with van der Waals surface area (Å²) < 4.78 is 4.97. The van der Waals surface area contributed by atoms with Gasteiger partial charge in [-0.2, -0.15) is 0 Å². The fourth-order valence-corrected chi connectivity index (χ4v) is 3.18. The van der Waals surface area contributed by atoms with Crippen LogP contribution in [-0.4, -0.2) is 39.6 Å². The third-order valence-electron chi connectivity index (χ3n) is 3.95. The topological polar surface area (TPSA) is 124 Å². The molecule has 1 N–H and O–H groups in total. The molecule has 0 aliphatic rings. The van der Waals surface area contributed by atoms with Gasteiger partial charge in [-0.1, -0.05) is 23.4 Å². The predicted octanol–water partition coefficient (Wildman–Crippen LogP) is 3.49. The highest BCUT2D eigenvalue weighted by atomic mass is 35.5. The third kappa shape index (κ3) is 6.40. The fraction of sp³-hybridized carbons (Fsp3) is 0.333. The van der Waals surface area contributed by atoms with Crippen molar-refractivity contribution in [1.82, 2.24) is 9.97 Å². The lowest BCUT2D eigenvalue weighted by Crippen LogP contribution is -2.21. The molecule has 2 rings (SSSR count). The maximum atomic E-state index is 12.0. The van der Waals surface area contributed by atoms with Crippen molar-refractivity contribution >= 4 is 46.6 Å². The molecule has 1 aromatic heterocycles. The van der Waals surface area contributed by atoms with Crippen molar-refractivity contribution in [3.63, 3.8) is 0 Å². The van der Waals surface area contributed by atoms with Gasteiger partial charge < -0.3 is 10.1 Å². The summed E-state index contributed by atoms with van der Waals surface area (Å²) in [5.41, 5.74) is 2.33. The normalized spacial score (nSPS) is 10.5. The number of hydrogen-bond acceptors (Lipinski definition) is 8. The number of rotatable bonds is 8. The van der Waals surface area contributed by atoms with Gasteiger partial charge in [0.1, 0.15) is 5.02 Å². The summed E-state index contributed by atoms with van der Waals surface area (Å²) >= 11 is 7.16. The molecule has 1 aromatic carbocycles. The van der Waals surface area contributed by atoms with E-state index in [9.17, 15) is 19.7 Å². The zero-order valence-corrected chi connectivity index (χ0v) is 17.6. The van der Waals surface area contributed by atoms with Crippen LogP contribution in [0.5, 0.6) is 0 Å². The highest BCUT2D eigenvalue weighted by Gasteiger charge is 2.15. The zero-order chi connectivity index (χ0) is 21.6. The molecular weight excluding hydrogens is 420 g/mol.